The van der Waals surface area contributed by atoms with Crippen LogP contribution in [0.4, 0.5) is 0 Å². The SMILES string of the molecule is CC1CCC2(CC1)N=C(c1cc(Cl)cc(Cl)c1)C(=O)N2C(CCC(C)(C)C)c1ccc(C(=O)NCc2nn[nH]n2)cc1. The Hall–Kier alpha value is -3.30. The lowest BCUT2D eigenvalue weighted by molar-refractivity contribution is -0.133. The molecule has 222 valence electrons. The van der Waals surface area contributed by atoms with Crippen molar-refractivity contribution in [2.45, 2.75) is 84.5 Å². The second-order valence-electron chi connectivity index (χ2n) is 12.7. The van der Waals surface area contributed by atoms with Crippen LogP contribution in [-0.2, 0) is 11.3 Å². The van der Waals surface area contributed by atoms with E-state index in [9.17, 15) is 9.59 Å². The number of amides is 2. The zero-order chi connectivity index (χ0) is 30.1. The second-order valence-corrected chi connectivity index (χ2v) is 13.6. The standard InChI is InChI=1S/C31H37Cl2N7O2/c1-19-9-13-31(14-10-19)35-27(22-15-23(32)17-24(33)16-22)29(42)40(31)25(11-12-30(2,3)4)20-5-7-21(8-6-20)28(41)34-18-26-36-38-39-37-26/h5-8,15-17,19,25H,9-14,18H2,1-4H3,(H,34,41)(H,36,37,38,39). The Labute approximate surface area is 256 Å². The van der Waals surface area contributed by atoms with Crippen molar-refractivity contribution in [3.63, 3.8) is 0 Å². The minimum Gasteiger partial charge on any atom is -0.345 e. The van der Waals surface area contributed by atoms with E-state index in [1.807, 2.05) is 17.0 Å². The van der Waals surface area contributed by atoms with Crippen LogP contribution in [0.25, 0.3) is 0 Å². The average Bonchev–Trinajstić information content (AvgIpc) is 3.55. The number of aliphatic imine (C=N–C) groups is 1. The molecule has 1 atom stereocenters. The van der Waals surface area contributed by atoms with E-state index in [0.29, 0.717) is 38.6 Å². The molecule has 2 N–H and O–H groups in total. The van der Waals surface area contributed by atoms with Gasteiger partial charge in [-0.05, 0) is 85.8 Å². The molecule has 0 saturated heterocycles. The van der Waals surface area contributed by atoms with Gasteiger partial charge in [0.2, 0.25) is 0 Å². The Morgan fingerprint density at radius 2 is 1.79 bits per heavy atom. The maximum atomic E-state index is 14.4. The number of H-pyrrole nitrogens is 1. The molecule has 1 saturated carbocycles. The predicted octanol–water partition coefficient (Wildman–Crippen LogP) is 6.54. The molecule has 2 aromatic carbocycles. The van der Waals surface area contributed by atoms with Crippen LogP contribution in [0.1, 0.15) is 99.6 Å². The van der Waals surface area contributed by atoms with Gasteiger partial charge in [0.25, 0.3) is 11.8 Å². The summed E-state index contributed by atoms with van der Waals surface area (Å²) in [4.78, 5) is 34.5. The fourth-order valence-electron chi connectivity index (χ4n) is 5.89. The number of aromatic amines is 1. The summed E-state index contributed by atoms with van der Waals surface area (Å²) in [5, 5.41) is 17.4. The van der Waals surface area contributed by atoms with Crippen molar-refractivity contribution in [1.29, 1.82) is 0 Å². The minimum absolute atomic E-state index is 0.0639. The molecule has 42 heavy (non-hydrogen) atoms. The summed E-state index contributed by atoms with van der Waals surface area (Å²) in [5.74, 6) is 0.629. The number of nitrogens with one attached hydrogen (secondary N) is 2. The number of nitrogens with zero attached hydrogens (tertiary/aromatic N) is 5. The van der Waals surface area contributed by atoms with E-state index in [-0.39, 0.29) is 29.8 Å². The van der Waals surface area contributed by atoms with Gasteiger partial charge in [-0.2, -0.15) is 5.21 Å². The largest absolute Gasteiger partial charge is 0.345 e. The first-order valence-corrected chi connectivity index (χ1v) is 15.2. The summed E-state index contributed by atoms with van der Waals surface area (Å²) in [7, 11) is 0. The molecule has 1 unspecified atom stereocenters. The molecule has 2 amide bonds. The summed E-state index contributed by atoms with van der Waals surface area (Å²) < 4.78 is 0. The van der Waals surface area contributed by atoms with Crippen LogP contribution in [0.5, 0.6) is 0 Å². The van der Waals surface area contributed by atoms with Crippen molar-refractivity contribution in [2.75, 3.05) is 0 Å². The molecule has 3 aromatic rings. The highest BCUT2D eigenvalue weighted by atomic mass is 35.5. The number of halogens is 2. The molecule has 1 fully saturated rings. The fourth-order valence-corrected chi connectivity index (χ4v) is 6.42. The van der Waals surface area contributed by atoms with Crippen LogP contribution >= 0.6 is 23.2 Å². The number of aromatic nitrogens is 4. The van der Waals surface area contributed by atoms with Gasteiger partial charge in [0.1, 0.15) is 11.4 Å². The van der Waals surface area contributed by atoms with Gasteiger partial charge in [-0.1, -0.05) is 68.2 Å². The lowest BCUT2D eigenvalue weighted by Gasteiger charge is -2.45. The highest BCUT2D eigenvalue weighted by Crippen LogP contribution is 2.47. The number of rotatable bonds is 8. The number of carbonyl (C=O) groups excluding carboxylic acids is 2. The quantitative estimate of drug-likeness (QED) is 0.301. The van der Waals surface area contributed by atoms with E-state index >= 15 is 0 Å². The molecule has 11 heteroatoms. The van der Waals surface area contributed by atoms with Gasteiger partial charge in [0.05, 0.1) is 12.6 Å². The molecule has 5 rings (SSSR count). The maximum Gasteiger partial charge on any atom is 0.275 e. The number of benzene rings is 2. The van der Waals surface area contributed by atoms with Crippen LogP contribution in [-0.4, -0.2) is 48.7 Å². The molecule has 0 bridgehead atoms. The molecular formula is C31H37Cl2N7O2. The van der Waals surface area contributed by atoms with Crippen molar-refractivity contribution in [1.82, 2.24) is 30.8 Å². The third-order valence-corrected chi connectivity index (χ3v) is 8.67. The van der Waals surface area contributed by atoms with Gasteiger partial charge in [0, 0.05) is 21.2 Å². The Balaban J connectivity index is 1.49. The number of carbonyl (C=O) groups is 2. The molecule has 1 spiro atoms. The average molecular weight is 611 g/mol. The van der Waals surface area contributed by atoms with Crippen LogP contribution in [0.2, 0.25) is 10.0 Å². The summed E-state index contributed by atoms with van der Waals surface area (Å²) in [5.41, 5.74) is 1.95. The summed E-state index contributed by atoms with van der Waals surface area (Å²) in [6.07, 6.45) is 5.22. The topological polar surface area (TPSA) is 116 Å². The molecule has 2 heterocycles. The van der Waals surface area contributed by atoms with Crippen molar-refractivity contribution in [3.8, 4) is 0 Å². The molecule has 1 aliphatic carbocycles. The molecular weight excluding hydrogens is 573 g/mol. The number of tetrazole rings is 1. The number of hydrogen-bond acceptors (Lipinski definition) is 6. The van der Waals surface area contributed by atoms with Crippen molar-refractivity contribution in [2.24, 2.45) is 16.3 Å². The zero-order valence-corrected chi connectivity index (χ0v) is 26.0. The summed E-state index contributed by atoms with van der Waals surface area (Å²) in [6, 6.07) is 12.5. The maximum absolute atomic E-state index is 14.4. The first-order valence-electron chi connectivity index (χ1n) is 14.4. The third kappa shape index (κ3) is 6.68. The normalized spacial score (nSPS) is 21.5. The van der Waals surface area contributed by atoms with Gasteiger partial charge >= 0.3 is 0 Å². The molecule has 1 aliphatic heterocycles. The first-order chi connectivity index (χ1) is 19.9. The first kappa shape index (κ1) is 30.2. The molecule has 0 radical (unpaired) electrons. The van der Waals surface area contributed by atoms with E-state index in [0.717, 1.165) is 44.1 Å². The van der Waals surface area contributed by atoms with Crippen LogP contribution in [0.15, 0.2) is 47.5 Å². The van der Waals surface area contributed by atoms with E-state index in [4.69, 9.17) is 28.2 Å². The molecule has 2 aliphatic rings. The minimum atomic E-state index is -0.642. The van der Waals surface area contributed by atoms with Gasteiger partial charge in [0.15, 0.2) is 5.82 Å². The van der Waals surface area contributed by atoms with E-state index in [2.05, 4.69) is 53.6 Å². The van der Waals surface area contributed by atoms with Crippen molar-refractivity contribution < 1.29 is 9.59 Å². The Bertz CT molecular complexity index is 1440. The molecule has 9 nitrogen and oxygen atoms in total. The lowest BCUT2D eigenvalue weighted by atomic mass is 9.80. The number of hydrogen-bond donors (Lipinski definition) is 2. The molecule has 1 aromatic heterocycles. The second kappa shape index (κ2) is 12.1. The van der Waals surface area contributed by atoms with E-state index in [1.165, 1.54) is 0 Å². The Kier molecular flexibility index (Phi) is 8.71. The van der Waals surface area contributed by atoms with Gasteiger partial charge in [-0.25, -0.2) is 0 Å². The third-order valence-electron chi connectivity index (χ3n) is 8.23. The van der Waals surface area contributed by atoms with E-state index in [1.54, 1.807) is 30.3 Å². The smallest absolute Gasteiger partial charge is 0.275 e. The highest BCUT2D eigenvalue weighted by molar-refractivity contribution is 6.47. The monoisotopic (exact) mass is 609 g/mol. The Morgan fingerprint density at radius 3 is 2.38 bits per heavy atom. The summed E-state index contributed by atoms with van der Waals surface area (Å²) in [6.45, 7) is 9.06. The summed E-state index contributed by atoms with van der Waals surface area (Å²) >= 11 is 12.7. The highest BCUT2D eigenvalue weighted by Gasteiger charge is 2.51. The fraction of sp³-hybridized carbons (Fsp3) is 0.484. The zero-order valence-electron chi connectivity index (χ0n) is 24.5. The Morgan fingerprint density at radius 1 is 1.12 bits per heavy atom. The van der Waals surface area contributed by atoms with Crippen LogP contribution in [0.3, 0.4) is 0 Å². The van der Waals surface area contributed by atoms with Gasteiger partial charge in [-0.15, -0.1) is 10.2 Å². The van der Waals surface area contributed by atoms with Crippen molar-refractivity contribution in [3.05, 3.63) is 75.0 Å². The van der Waals surface area contributed by atoms with E-state index < -0.39 is 5.66 Å². The van der Waals surface area contributed by atoms with Crippen LogP contribution in [0, 0.1) is 11.3 Å². The van der Waals surface area contributed by atoms with Gasteiger partial charge in [-0.3, -0.25) is 14.6 Å². The predicted molar refractivity (Wildman–Crippen MR) is 163 cm³/mol. The van der Waals surface area contributed by atoms with Crippen molar-refractivity contribution >= 4 is 40.7 Å². The van der Waals surface area contributed by atoms with Gasteiger partial charge < -0.3 is 10.2 Å². The van der Waals surface area contributed by atoms with Crippen LogP contribution < -0.4 is 5.32 Å². The lowest BCUT2D eigenvalue weighted by Crippen LogP contribution is -2.50.